The van der Waals surface area contributed by atoms with Crippen molar-refractivity contribution in [2.24, 2.45) is 0 Å². The summed E-state index contributed by atoms with van der Waals surface area (Å²) in [4.78, 5) is 17.6. The highest BCUT2D eigenvalue weighted by atomic mass is 17.1. The number of aromatic nitrogens is 1. The summed E-state index contributed by atoms with van der Waals surface area (Å²) in [6, 6.07) is 2.76. The molecule has 0 aliphatic carbocycles. The molecule has 0 unspecified atom stereocenters. The summed E-state index contributed by atoms with van der Waals surface area (Å²) in [6.07, 6.45) is 1.30. The number of carboxylic acid groups (broad SMARTS) is 1. The quantitative estimate of drug-likeness (QED) is 0.483. The summed E-state index contributed by atoms with van der Waals surface area (Å²) in [6.45, 7) is 0. The largest absolute Gasteiger partial charge is 0.476 e. The van der Waals surface area contributed by atoms with Crippen molar-refractivity contribution < 1.29 is 20.0 Å². The van der Waals surface area contributed by atoms with E-state index in [1.54, 1.807) is 0 Å². The van der Waals surface area contributed by atoms with Gasteiger partial charge in [-0.25, -0.2) is 15.0 Å². The highest BCUT2D eigenvalue weighted by Gasteiger charge is 2.11. The molecule has 0 bridgehead atoms. The second-order valence-electron chi connectivity index (χ2n) is 1.75. The van der Waals surface area contributed by atoms with E-state index < -0.39 is 5.97 Å². The van der Waals surface area contributed by atoms with Crippen molar-refractivity contribution >= 4 is 5.97 Å². The summed E-state index contributed by atoms with van der Waals surface area (Å²) < 4.78 is 0. The molecule has 0 aliphatic heterocycles. The van der Waals surface area contributed by atoms with Gasteiger partial charge in [-0.1, -0.05) is 0 Å². The van der Waals surface area contributed by atoms with Crippen molar-refractivity contribution in [2.45, 2.75) is 0 Å². The number of hydrogen-bond donors (Lipinski definition) is 2. The van der Waals surface area contributed by atoms with Crippen LogP contribution in [0.4, 0.5) is 0 Å². The van der Waals surface area contributed by atoms with Gasteiger partial charge in [0, 0.05) is 6.20 Å². The highest BCUT2D eigenvalue weighted by molar-refractivity contribution is 5.88. The number of aromatic carboxylic acids is 1. The van der Waals surface area contributed by atoms with Gasteiger partial charge in [-0.05, 0) is 12.1 Å². The molecular weight excluding hydrogens is 150 g/mol. The van der Waals surface area contributed by atoms with Crippen molar-refractivity contribution in [1.82, 2.24) is 4.98 Å². The third-order valence-corrected chi connectivity index (χ3v) is 1.07. The molecule has 0 fully saturated rings. The van der Waals surface area contributed by atoms with Gasteiger partial charge in [-0.15, -0.1) is 0 Å². The molecule has 0 aliphatic rings. The molecule has 1 heterocycles. The maximum atomic E-state index is 10.3. The molecular formula is C6H5NO4. The maximum Gasteiger partial charge on any atom is 0.358 e. The SMILES string of the molecule is O=C(O)c1ncccc1OO. The first-order chi connectivity index (χ1) is 5.25. The molecule has 5 heteroatoms. The van der Waals surface area contributed by atoms with Gasteiger partial charge >= 0.3 is 5.97 Å². The van der Waals surface area contributed by atoms with Crippen LogP contribution in [0.3, 0.4) is 0 Å². The van der Waals surface area contributed by atoms with E-state index in [1.807, 2.05) is 0 Å². The summed E-state index contributed by atoms with van der Waals surface area (Å²) in [5.74, 6) is -1.41. The molecule has 0 radical (unpaired) electrons. The van der Waals surface area contributed by atoms with E-state index in [9.17, 15) is 4.79 Å². The predicted molar refractivity (Wildman–Crippen MR) is 34.5 cm³/mol. The average Bonchev–Trinajstić information content (AvgIpc) is 2.04. The van der Waals surface area contributed by atoms with E-state index in [4.69, 9.17) is 10.4 Å². The fraction of sp³-hybridized carbons (Fsp3) is 0. The summed E-state index contributed by atoms with van der Waals surface area (Å²) in [5.41, 5.74) is -0.310. The Balaban J connectivity index is 3.12. The Hall–Kier alpha value is -1.62. The third kappa shape index (κ3) is 1.44. The van der Waals surface area contributed by atoms with Gasteiger partial charge in [0.1, 0.15) is 0 Å². The first-order valence-electron chi connectivity index (χ1n) is 2.75. The number of nitrogens with zero attached hydrogens (tertiary/aromatic N) is 1. The number of rotatable bonds is 2. The average molecular weight is 155 g/mol. The van der Waals surface area contributed by atoms with Crippen LogP contribution in [0, 0.1) is 0 Å². The van der Waals surface area contributed by atoms with Crippen LogP contribution in [-0.4, -0.2) is 21.3 Å². The molecule has 0 saturated heterocycles. The molecule has 1 aromatic heterocycles. The Labute approximate surface area is 61.8 Å². The third-order valence-electron chi connectivity index (χ3n) is 1.07. The molecule has 11 heavy (non-hydrogen) atoms. The van der Waals surface area contributed by atoms with Crippen LogP contribution < -0.4 is 4.89 Å². The van der Waals surface area contributed by atoms with Crippen LogP contribution in [0.25, 0.3) is 0 Å². The van der Waals surface area contributed by atoms with Crippen molar-refractivity contribution in [3.8, 4) is 5.75 Å². The van der Waals surface area contributed by atoms with Crippen LogP contribution in [0.15, 0.2) is 18.3 Å². The maximum absolute atomic E-state index is 10.3. The van der Waals surface area contributed by atoms with Crippen molar-refractivity contribution in [1.29, 1.82) is 0 Å². The minimum atomic E-state index is -1.24. The van der Waals surface area contributed by atoms with E-state index in [0.717, 1.165) is 0 Å². The van der Waals surface area contributed by atoms with Crippen LogP contribution in [-0.2, 0) is 0 Å². The number of carbonyl (C=O) groups is 1. The van der Waals surface area contributed by atoms with Crippen molar-refractivity contribution in [3.05, 3.63) is 24.0 Å². The zero-order chi connectivity index (χ0) is 8.27. The Kier molecular flexibility index (Phi) is 2.03. The van der Waals surface area contributed by atoms with E-state index >= 15 is 0 Å². The highest BCUT2D eigenvalue weighted by Crippen LogP contribution is 2.13. The van der Waals surface area contributed by atoms with Gasteiger partial charge in [0.25, 0.3) is 0 Å². The van der Waals surface area contributed by atoms with E-state index in [2.05, 4.69) is 9.87 Å². The number of hydrogen-bond acceptors (Lipinski definition) is 4. The number of pyridine rings is 1. The lowest BCUT2D eigenvalue weighted by molar-refractivity contribution is -0.138. The lowest BCUT2D eigenvalue weighted by atomic mass is 10.3. The molecule has 58 valence electrons. The van der Waals surface area contributed by atoms with Crippen molar-refractivity contribution in [2.75, 3.05) is 0 Å². The van der Waals surface area contributed by atoms with Crippen LogP contribution in [0.2, 0.25) is 0 Å². The molecule has 0 amide bonds. The Morgan fingerprint density at radius 2 is 2.36 bits per heavy atom. The van der Waals surface area contributed by atoms with Gasteiger partial charge < -0.3 is 9.99 Å². The van der Waals surface area contributed by atoms with E-state index in [0.29, 0.717) is 0 Å². The second-order valence-corrected chi connectivity index (χ2v) is 1.75. The molecule has 1 rings (SSSR count). The Morgan fingerprint density at radius 3 is 2.82 bits per heavy atom. The fourth-order valence-electron chi connectivity index (χ4n) is 0.625. The van der Waals surface area contributed by atoms with Gasteiger partial charge in [0.15, 0.2) is 11.4 Å². The van der Waals surface area contributed by atoms with Gasteiger partial charge in [0.05, 0.1) is 0 Å². The Bertz CT molecular complexity index is 273. The normalized spacial score (nSPS) is 9.18. The molecule has 0 aromatic carbocycles. The van der Waals surface area contributed by atoms with Crippen LogP contribution in [0.1, 0.15) is 10.5 Å². The summed E-state index contributed by atoms with van der Waals surface area (Å²) in [7, 11) is 0. The second kappa shape index (κ2) is 2.98. The van der Waals surface area contributed by atoms with E-state index in [1.165, 1.54) is 18.3 Å². The standard InChI is InChI=1S/C6H5NO4/c8-6(9)5-4(11-10)2-1-3-7-5/h1-3,10H,(H,8,9). The Morgan fingerprint density at radius 1 is 1.64 bits per heavy atom. The molecule has 0 saturated carbocycles. The molecule has 1 aromatic rings. The smallest absolute Gasteiger partial charge is 0.358 e. The molecule has 0 spiro atoms. The lowest BCUT2D eigenvalue weighted by Gasteiger charge is -1.98. The zero-order valence-corrected chi connectivity index (χ0v) is 5.39. The monoisotopic (exact) mass is 155 g/mol. The minimum absolute atomic E-state index is 0.167. The van der Waals surface area contributed by atoms with Gasteiger partial charge in [0.2, 0.25) is 0 Å². The summed E-state index contributed by atoms with van der Waals surface area (Å²) >= 11 is 0. The van der Waals surface area contributed by atoms with E-state index in [-0.39, 0.29) is 11.4 Å². The molecule has 0 atom stereocenters. The van der Waals surface area contributed by atoms with Crippen LogP contribution >= 0.6 is 0 Å². The van der Waals surface area contributed by atoms with Gasteiger partial charge in [-0.2, -0.15) is 0 Å². The molecule has 5 nitrogen and oxygen atoms in total. The topological polar surface area (TPSA) is 79.7 Å². The van der Waals surface area contributed by atoms with Crippen LogP contribution in [0.5, 0.6) is 5.75 Å². The van der Waals surface area contributed by atoms with Gasteiger partial charge in [-0.3, -0.25) is 0 Å². The lowest BCUT2D eigenvalue weighted by Crippen LogP contribution is -2.02. The number of carboxylic acids is 1. The first kappa shape index (κ1) is 7.49. The van der Waals surface area contributed by atoms with Crippen molar-refractivity contribution in [3.63, 3.8) is 0 Å². The predicted octanol–water partition coefficient (Wildman–Crippen LogP) is 0.632. The minimum Gasteiger partial charge on any atom is -0.476 e. The summed E-state index contributed by atoms with van der Waals surface area (Å²) in [5, 5.41) is 16.6. The molecule has 2 N–H and O–H groups in total. The zero-order valence-electron chi connectivity index (χ0n) is 5.39. The fourth-order valence-corrected chi connectivity index (χ4v) is 0.625. The first-order valence-corrected chi connectivity index (χ1v) is 2.75.